The van der Waals surface area contributed by atoms with Gasteiger partial charge in [0.15, 0.2) is 6.29 Å². The summed E-state index contributed by atoms with van der Waals surface area (Å²) in [7, 11) is 0. The topological polar surface area (TPSA) is 88.1 Å². The van der Waals surface area contributed by atoms with E-state index in [9.17, 15) is 9.59 Å². The van der Waals surface area contributed by atoms with E-state index in [0.717, 1.165) is 4.88 Å². The van der Waals surface area contributed by atoms with Gasteiger partial charge in [-0.05, 0) is 35.6 Å². The van der Waals surface area contributed by atoms with Crippen molar-refractivity contribution < 1.29 is 9.59 Å². The fraction of sp³-hybridized carbons (Fsp3) is 0.286. The maximum atomic E-state index is 13.0. The van der Waals surface area contributed by atoms with E-state index in [-0.39, 0.29) is 28.5 Å². The number of hydrogen-bond acceptors (Lipinski definition) is 5. The minimum atomic E-state index is -0.604. The summed E-state index contributed by atoms with van der Waals surface area (Å²) < 4.78 is 1.58. The Bertz CT molecular complexity index is 1110. The van der Waals surface area contributed by atoms with Crippen LogP contribution < -0.4 is 16.0 Å². The second-order valence-corrected chi connectivity index (χ2v) is 9.40. The van der Waals surface area contributed by atoms with Crippen molar-refractivity contribution in [3.05, 3.63) is 57.4 Å². The number of amides is 2. The highest BCUT2D eigenvalue weighted by atomic mass is 35.5. The largest absolute Gasteiger partial charge is 0.322 e. The molecule has 1 aliphatic heterocycles. The highest BCUT2D eigenvalue weighted by Gasteiger charge is 2.31. The van der Waals surface area contributed by atoms with Gasteiger partial charge < -0.3 is 10.6 Å². The minimum Gasteiger partial charge on any atom is -0.322 e. The van der Waals surface area contributed by atoms with Gasteiger partial charge in [-0.25, -0.2) is 4.68 Å². The van der Waals surface area contributed by atoms with Crippen molar-refractivity contribution in [2.45, 2.75) is 32.6 Å². The van der Waals surface area contributed by atoms with Crippen molar-refractivity contribution in [3.8, 4) is 10.6 Å². The summed E-state index contributed by atoms with van der Waals surface area (Å²) in [4.78, 5) is 26.2. The van der Waals surface area contributed by atoms with E-state index in [4.69, 9.17) is 23.2 Å². The number of nitrogens with zero attached hydrogens (tertiary/aromatic N) is 2. The highest BCUT2D eigenvalue weighted by Crippen LogP contribution is 2.29. The second kappa shape index (κ2) is 9.00. The van der Waals surface area contributed by atoms with Crippen LogP contribution in [-0.2, 0) is 4.79 Å². The lowest BCUT2D eigenvalue weighted by atomic mass is 9.99. The Morgan fingerprint density at radius 3 is 2.81 bits per heavy atom. The fourth-order valence-corrected chi connectivity index (χ4v) is 4.42. The first kappa shape index (κ1) is 21.8. The van der Waals surface area contributed by atoms with Crippen molar-refractivity contribution in [2.24, 2.45) is 5.92 Å². The van der Waals surface area contributed by atoms with E-state index < -0.39 is 12.2 Å². The van der Waals surface area contributed by atoms with Crippen molar-refractivity contribution >= 4 is 52.2 Å². The Labute approximate surface area is 193 Å². The third kappa shape index (κ3) is 4.77. The zero-order valence-electron chi connectivity index (χ0n) is 16.9. The molecule has 1 fully saturated rings. The molecule has 7 nitrogen and oxygen atoms in total. The molecule has 162 valence electrons. The number of hydrogen-bond donors (Lipinski definition) is 3. The molecule has 31 heavy (non-hydrogen) atoms. The van der Waals surface area contributed by atoms with E-state index in [0.29, 0.717) is 23.0 Å². The van der Waals surface area contributed by atoms with Crippen molar-refractivity contribution in [3.63, 3.8) is 0 Å². The van der Waals surface area contributed by atoms with Gasteiger partial charge in [-0.3, -0.25) is 14.9 Å². The molecule has 3 aromatic rings. The van der Waals surface area contributed by atoms with Gasteiger partial charge in [0.25, 0.3) is 5.91 Å². The van der Waals surface area contributed by atoms with Crippen molar-refractivity contribution in [1.82, 2.24) is 20.4 Å². The SMILES string of the molecule is CC(C)C1CC(=O)NC(n2nc(-c3cccs3)cc2NC(=O)c2cc(Cl)ccc2Cl)N1. The number of carbonyl (C=O) groups is 2. The van der Waals surface area contributed by atoms with Crippen LogP contribution in [0.5, 0.6) is 0 Å². The maximum absolute atomic E-state index is 13.0. The second-order valence-electron chi connectivity index (χ2n) is 7.61. The van der Waals surface area contributed by atoms with Crippen LogP contribution >= 0.6 is 34.5 Å². The minimum absolute atomic E-state index is 0.0148. The number of thiophene rings is 1. The molecule has 1 aromatic carbocycles. The zero-order valence-corrected chi connectivity index (χ0v) is 19.2. The van der Waals surface area contributed by atoms with Gasteiger partial charge in [0, 0.05) is 23.6 Å². The highest BCUT2D eigenvalue weighted by molar-refractivity contribution is 7.13. The molecule has 0 bridgehead atoms. The van der Waals surface area contributed by atoms with Crippen LogP contribution in [-0.4, -0.2) is 27.6 Å². The number of carbonyl (C=O) groups excluding carboxylic acids is 2. The van der Waals surface area contributed by atoms with Crippen LogP contribution in [0.1, 0.15) is 36.9 Å². The van der Waals surface area contributed by atoms with Gasteiger partial charge in [-0.2, -0.15) is 5.10 Å². The summed E-state index contributed by atoms with van der Waals surface area (Å²) >= 11 is 13.8. The normalized spacial score (nSPS) is 18.8. The first-order chi connectivity index (χ1) is 14.8. The molecule has 0 saturated carbocycles. The van der Waals surface area contributed by atoms with Crippen LogP contribution in [0.3, 0.4) is 0 Å². The van der Waals surface area contributed by atoms with Crippen LogP contribution in [0.15, 0.2) is 41.8 Å². The molecule has 0 aliphatic carbocycles. The first-order valence-corrected chi connectivity index (χ1v) is 11.4. The molecular formula is C21H21Cl2N5O2S. The molecule has 10 heteroatoms. The van der Waals surface area contributed by atoms with Gasteiger partial charge in [0.1, 0.15) is 11.5 Å². The lowest BCUT2D eigenvalue weighted by Gasteiger charge is -2.34. The van der Waals surface area contributed by atoms with E-state index in [1.165, 1.54) is 17.4 Å². The summed E-state index contributed by atoms with van der Waals surface area (Å²) in [5.74, 6) is 0.176. The molecule has 4 rings (SSSR count). The first-order valence-electron chi connectivity index (χ1n) is 9.77. The summed E-state index contributed by atoms with van der Waals surface area (Å²) in [5.41, 5.74) is 0.936. The molecule has 2 unspecified atom stereocenters. The maximum Gasteiger partial charge on any atom is 0.258 e. The Hall–Kier alpha value is -2.39. The molecule has 2 amide bonds. The van der Waals surface area contributed by atoms with Gasteiger partial charge >= 0.3 is 0 Å². The lowest BCUT2D eigenvalue weighted by molar-refractivity contribution is -0.126. The van der Waals surface area contributed by atoms with Gasteiger partial charge in [-0.15, -0.1) is 11.3 Å². The summed E-state index contributed by atoms with van der Waals surface area (Å²) in [5, 5.41) is 16.5. The third-order valence-electron chi connectivity index (χ3n) is 5.05. The Balaban J connectivity index is 1.70. The standard InChI is InChI=1S/C21H21Cl2N5O2S/c1-11(2)15-10-19(29)26-21(24-15)28-18(9-16(27-28)17-4-3-7-31-17)25-20(30)13-8-12(22)5-6-14(13)23/h3-9,11,15,21,24H,10H2,1-2H3,(H,25,30)(H,26,29). The molecule has 3 heterocycles. The number of rotatable bonds is 5. The smallest absolute Gasteiger partial charge is 0.258 e. The lowest BCUT2D eigenvalue weighted by Crippen LogP contribution is -2.55. The van der Waals surface area contributed by atoms with Crippen LogP contribution in [0.25, 0.3) is 10.6 Å². The third-order valence-corrected chi connectivity index (χ3v) is 6.51. The fourth-order valence-electron chi connectivity index (χ4n) is 3.36. The van der Waals surface area contributed by atoms with Gasteiger partial charge in [-0.1, -0.05) is 43.1 Å². The predicted octanol–water partition coefficient (Wildman–Crippen LogP) is 4.76. The Morgan fingerprint density at radius 2 is 2.10 bits per heavy atom. The number of halogens is 2. The van der Waals surface area contributed by atoms with E-state index in [1.807, 2.05) is 17.5 Å². The summed E-state index contributed by atoms with van der Waals surface area (Å²) in [6.07, 6.45) is -0.222. The van der Waals surface area contributed by atoms with Crippen LogP contribution in [0.4, 0.5) is 5.82 Å². The molecule has 1 aliphatic rings. The van der Waals surface area contributed by atoms with Crippen LogP contribution in [0.2, 0.25) is 10.0 Å². The molecule has 0 spiro atoms. The molecule has 0 radical (unpaired) electrons. The average Bonchev–Trinajstić information content (AvgIpc) is 3.39. The quantitative estimate of drug-likeness (QED) is 0.494. The molecule has 3 N–H and O–H groups in total. The van der Waals surface area contributed by atoms with E-state index in [1.54, 1.807) is 22.9 Å². The molecule has 2 atom stereocenters. The summed E-state index contributed by atoms with van der Waals surface area (Å²) in [6.45, 7) is 4.11. The Kier molecular flexibility index (Phi) is 6.34. The zero-order chi connectivity index (χ0) is 22.1. The van der Waals surface area contributed by atoms with Crippen molar-refractivity contribution in [1.29, 1.82) is 0 Å². The molecule has 1 saturated heterocycles. The van der Waals surface area contributed by atoms with Gasteiger partial charge in [0.2, 0.25) is 5.91 Å². The monoisotopic (exact) mass is 477 g/mol. The van der Waals surface area contributed by atoms with Crippen LogP contribution in [0, 0.1) is 5.92 Å². The predicted molar refractivity (Wildman–Crippen MR) is 124 cm³/mol. The average molecular weight is 478 g/mol. The Morgan fingerprint density at radius 1 is 1.29 bits per heavy atom. The molecular weight excluding hydrogens is 457 g/mol. The number of nitrogens with one attached hydrogen (secondary N) is 3. The summed E-state index contributed by atoms with van der Waals surface area (Å²) in [6, 6.07) is 10.3. The number of aromatic nitrogens is 2. The van der Waals surface area contributed by atoms with E-state index in [2.05, 4.69) is 34.9 Å². The van der Waals surface area contributed by atoms with Gasteiger partial charge in [0.05, 0.1) is 15.5 Å². The number of benzene rings is 1. The van der Waals surface area contributed by atoms with E-state index >= 15 is 0 Å². The number of anilines is 1. The van der Waals surface area contributed by atoms with Crippen molar-refractivity contribution in [2.75, 3.05) is 5.32 Å². The molecule has 2 aromatic heterocycles.